The lowest BCUT2D eigenvalue weighted by molar-refractivity contribution is 0.113. The summed E-state index contributed by atoms with van der Waals surface area (Å²) in [6, 6.07) is 0. The van der Waals surface area contributed by atoms with E-state index in [0.717, 1.165) is 18.9 Å². The first-order valence-electron chi connectivity index (χ1n) is 6.91. The number of rotatable bonds is 7. The van der Waals surface area contributed by atoms with E-state index < -0.39 is 0 Å². The van der Waals surface area contributed by atoms with Gasteiger partial charge in [-0.15, -0.1) is 0 Å². The summed E-state index contributed by atoms with van der Waals surface area (Å²) in [6.07, 6.45) is 1.15. The van der Waals surface area contributed by atoms with E-state index >= 15 is 0 Å². The predicted molar refractivity (Wildman–Crippen MR) is 74.3 cm³/mol. The van der Waals surface area contributed by atoms with E-state index in [9.17, 15) is 0 Å². The predicted octanol–water partition coefficient (Wildman–Crippen LogP) is 0.151. The third-order valence-corrected chi connectivity index (χ3v) is 3.56. The number of nitrogens with zero attached hydrogens (tertiary/aromatic N) is 3. The molecule has 1 atom stereocenters. The Balaban J connectivity index is 2.12. The maximum absolute atomic E-state index is 5.59. The van der Waals surface area contributed by atoms with Gasteiger partial charge in [-0.1, -0.05) is 6.92 Å². The van der Waals surface area contributed by atoms with Crippen LogP contribution in [0.3, 0.4) is 0 Å². The highest BCUT2D eigenvalue weighted by Gasteiger charge is 2.17. The second-order valence-electron chi connectivity index (χ2n) is 5.63. The van der Waals surface area contributed by atoms with Crippen molar-refractivity contribution in [2.45, 2.75) is 13.3 Å². The fraction of sp³-hybridized carbons (Fsp3) is 1.00. The van der Waals surface area contributed by atoms with Gasteiger partial charge in [0, 0.05) is 45.8 Å². The zero-order chi connectivity index (χ0) is 12.7. The molecule has 1 unspecified atom stereocenters. The Morgan fingerprint density at radius 3 is 2.24 bits per heavy atom. The molecule has 102 valence electrons. The van der Waals surface area contributed by atoms with Crippen LogP contribution in [0.15, 0.2) is 0 Å². The number of nitrogens with two attached hydrogens (primary N) is 1. The van der Waals surface area contributed by atoms with Crippen molar-refractivity contribution in [1.82, 2.24) is 14.7 Å². The molecule has 1 saturated heterocycles. The van der Waals surface area contributed by atoms with Gasteiger partial charge in [0.25, 0.3) is 0 Å². The van der Waals surface area contributed by atoms with E-state index in [1.807, 2.05) is 0 Å². The van der Waals surface area contributed by atoms with E-state index in [0.29, 0.717) is 0 Å². The largest absolute Gasteiger partial charge is 0.330 e. The molecular weight excluding hydrogens is 212 g/mol. The molecule has 1 heterocycles. The van der Waals surface area contributed by atoms with Gasteiger partial charge >= 0.3 is 0 Å². The van der Waals surface area contributed by atoms with Gasteiger partial charge in [0.1, 0.15) is 0 Å². The topological polar surface area (TPSA) is 35.7 Å². The molecule has 0 bridgehead atoms. The van der Waals surface area contributed by atoms with Crippen LogP contribution in [-0.2, 0) is 0 Å². The average molecular weight is 242 g/mol. The highest BCUT2D eigenvalue weighted by Crippen LogP contribution is 2.07. The average Bonchev–Trinajstić information content (AvgIpc) is 2.28. The molecule has 0 spiro atoms. The molecule has 0 amide bonds. The number of piperazine rings is 1. The van der Waals surface area contributed by atoms with Gasteiger partial charge in [-0.3, -0.25) is 4.90 Å². The molecule has 4 nitrogen and oxygen atoms in total. The Labute approximate surface area is 107 Å². The van der Waals surface area contributed by atoms with Crippen LogP contribution in [0.1, 0.15) is 13.3 Å². The summed E-state index contributed by atoms with van der Waals surface area (Å²) in [5.41, 5.74) is 5.59. The third kappa shape index (κ3) is 6.36. The van der Waals surface area contributed by atoms with Crippen LogP contribution in [0, 0.1) is 5.92 Å². The maximum Gasteiger partial charge on any atom is 0.0110 e. The van der Waals surface area contributed by atoms with Gasteiger partial charge in [-0.2, -0.15) is 0 Å². The second-order valence-corrected chi connectivity index (χ2v) is 5.63. The smallest absolute Gasteiger partial charge is 0.0110 e. The van der Waals surface area contributed by atoms with Gasteiger partial charge in [-0.05, 0) is 33.0 Å². The molecule has 0 saturated carbocycles. The molecule has 2 N–H and O–H groups in total. The lowest BCUT2D eigenvalue weighted by atomic mass is 10.1. The molecule has 1 aliphatic rings. The first-order chi connectivity index (χ1) is 8.11. The summed E-state index contributed by atoms with van der Waals surface area (Å²) >= 11 is 0. The molecule has 1 rings (SSSR count). The van der Waals surface area contributed by atoms with Crippen LogP contribution < -0.4 is 5.73 Å². The summed E-state index contributed by atoms with van der Waals surface area (Å²) in [7, 11) is 4.29. The Bertz CT molecular complexity index is 188. The van der Waals surface area contributed by atoms with E-state index in [-0.39, 0.29) is 0 Å². The van der Waals surface area contributed by atoms with Gasteiger partial charge in [0.2, 0.25) is 0 Å². The van der Waals surface area contributed by atoms with Crippen molar-refractivity contribution in [3.8, 4) is 0 Å². The van der Waals surface area contributed by atoms with Gasteiger partial charge < -0.3 is 15.5 Å². The Hall–Kier alpha value is -0.160. The van der Waals surface area contributed by atoms with Gasteiger partial charge in [-0.25, -0.2) is 0 Å². The fourth-order valence-corrected chi connectivity index (χ4v) is 2.35. The minimum Gasteiger partial charge on any atom is -0.330 e. The molecular formula is C13H30N4. The van der Waals surface area contributed by atoms with E-state index in [2.05, 4.69) is 35.7 Å². The quantitative estimate of drug-likeness (QED) is 0.689. The third-order valence-electron chi connectivity index (χ3n) is 3.56. The Morgan fingerprint density at radius 2 is 1.71 bits per heavy atom. The first-order valence-corrected chi connectivity index (χ1v) is 6.91. The molecule has 4 heteroatoms. The van der Waals surface area contributed by atoms with Crippen LogP contribution in [0.4, 0.5) is 0 Å². The highest BCUT2D eigenvalue weighted by atomic mass is 15.3. The minimum absolute atomic E-state index is 0.744. The molecule has 1 fully saturated rings. The van der Waals surface area contributed by atoms with Crippen LogP contribution >= 0.6 is 0 Å². The SMILES string of the molecule is CC(CCN)CN1CCN(CCN(C)C)CC1. The fourth-order valence-electron chi connectivity index (χ4n) is 2.35. The van der Waals surface area contributed by atoms with Crippen molar-refractivity contribution in [1.29, 1.82) is 0 Å². The Morgan fingerprint density at radius 1 is 1.12 bits per heavy atom. The van der Waals surface area contributed by atoms with E-state index in [4.69, 9.17) is 5.73 Å². The summed E-state index contributed by atoms with van der Waals surface area (Å²) < 4.78 is 0. The zero-order valence-corrected chi connectivity index (χ0v) is 11.9. The van der Waals surface area contributed by atoms with Crippen molar-refractivity contribution in [3.63, 3.8) is 0 Å². The molecule has 1 aliphatic heterocycles. The first kappa shape index (κ1) is 14.9. The second kappa shape index (κ2) is 8.03. The number of hydrogen-bond acceptors (Lipinski definition) is 4. The Kier molecular flexibility index (Phi) is 7.04. The summed E-state index contributed by atoms with van der Waals surface area (Å²) in [4.78, 5) is 7.42. The molecule has 17 heavy (non-hydrogen) atoms. The molecule has 0 aliphatic carbocycles. The summed E-state index contributed by atoms with van der Waals surface area (Å²) in [5.74, 6) is 0.744. The summed E-state index contributed by atoms with van der Waals surface area (Å²) in [5, 5.41) is 0. The van der Waals surface area contributed by atoms with E-state index in [1.54, 1.807) is 0 Å². The molecule has 0 aromatic heterocycles. The van der Waals surface area contributed by atoms with Crippen molar-refractivity contribution in [2.24, 2.45) is 11.7 Å². The maximum atomic E-state index is 5.59. The number of likely N-dealkylation sites (N-methyl/N-ethyl adjacent to an activating group) is 1. The standard InChI is InChI=1S/C13H30N4/c1-13(4-5-14)12-17-10-8-16(9-11-17)7-6-15(2)3/h13H,4-12,14H2,1-3H3. The molecule has 0 radical (unpaired) electrons. The lowest BCUT2D eigenvalue weighted by Gasteiger charge is -2.36. The molecule has 0 aromatic rings. The van der Waals surface area contributed by atoms with E-state index in [1.165, 1.54) is 45.8 Å². The van der Waals surface area contributed by atoms with Crippen molar-refractivity contribution >= 4 is 0 Å². The normalized spacial score (nSPS) is 21.0. The van der Waals surface area contributed by atoms with Gasteiger partial charge in [0.15, 0.2) is 0 Å². The zero-order valence-electron chi connectivity index (χ0n) is 11.9. The van der Waals surface area contributed by atoms with Crippen molar-refractivity contribution < 1.29 is 0 Å². The lowest BCUT2D eigenvalue weighted by Crippen LogP contribution is -2.49. The molecule has 0 aromatic carbocycles. The monoisotopic (exact) mass is 242 g/mol. The van der Waals surface area contributed by atoms with Crippen LogP contribution in [0.2, 0.25) is 0 Å². The van der Waals surface area contributed by atoms with Crippen LogP contribution in [-0.4, -0.2) is 81.2 Å². The van der Waals surface area contributed by atoms with Crippen LogP contribution in [0.25, 0.3) is 0 Å². The van der Waals surface area contributed by atoms with Crippen LogP contribution in [0.5, 0.6) is 0 Å². The highest BCUT2D eigenvalue weighted by molar-refractivity contribution is 4.74. The number of hydrogen-bond donors (Lipinski definition) is 1. The van der Waals surface area contributed by atoms with Crippen molar-refractivity contribution in [3.05, 3.63) is 0 Å². The minimum atomic E-state index is 0.744. The van der Waals surface area contributed by atoms with Gasteiger partial charge in [0.05, 0.1) is 0 Å². The summed E-state index contributed by atoms with van der Waals surface area (Å²) in [6.45, 7) is 11.6. The van der Waals surface area contributed by atoms with Crippen molar-refractivity contribution in [2.75, 3.05) is 66.5 Å².